The number of nitrogens with one attached hydrogen (secondary N) is 2. The molecule has 4 amide bonds. The first-order chi connectivity index (χ1) is 32.7. The molecule has 3 aliphatic heterocycles. The van der Waals surface area contributed by atoms with Gasteiger partial charge in [-0.15, -0.1) is 0 Å². The highest BCUT2D eigenvalue weighted by Crippen LogP contribution is 2.42. The van der Waals surface area contributed by atoms with E-state index in [0.29, 0.717) is 64.7 Å². The second-order valence-corrected chi connectivity index (χ2v) is 19.5. The zero-order valence-electron chi connectivity index (χ0n) is 40.0. The number of amides is 4. The number of benzene rings is 2. The van der Waals surface area contributed by atoms with E-state index >= 15 is 0 Å². The Morgan fingerprint density at radius 3 is 2.55 bits per heavy atom. The molecule has 0 aliphatic carbocycles. The number of likely N-dealkylation sites (N-methyl/N-ethyl adjacent to an activating group) is 1. The van der Waals surface area contributed by atoms with Crippen molar-refractivity contribution in [3.8, 4) is 22.4 Å². The molecule has 4 atom stereocenters. The van der Waals surface area contributed by atoms with Gasteiger partial charge in [0.2, 0.25) is 17.7 Å². The number of alkyl halides is 4. The van der Waals surface area contributed by atoms with Gasteiger partial charge in [0.15, 0.2) is 0 Å². The number of methoxy groups -OCH3 is 1. The van der Waals surface area contributed by atoms with Gasteiger partial charge < -0.3 is 29.2 Å². The Hall–Kier alpha value is -6.14. The zero-order valence-corrected chi connectivity index (χ0v) is 40.0. The van der Waals surface area contributed by atoms with E-state index in [-0.39, 0.29) is 67.7 Å². The molecule has 0 saturated carbocycles. The van der Waals surface area contributed by atoms with Crippen molar-refractivity contribution in [3.05, 3.63) is 89.8 Å². The zero-order chi connectivity index (χ0) is 49.9. The van der Waals surface area contributed by atoms with Gasteiger partial charge in [0, 0.05) is 68.3 Å². The van der Waals surface area contributed by atoms with Gasteiger partial charge in [0.05, 0.1) is 30.5 Å². The average molecular weight is 960 g/mol. The van der Waals surface area contributed by atoms with Crippen molar-refractivity contribution >= 4 is 40.5 Å². The summed E-state index contributed by atoms with van der Waals surface area (Å²) in [5.41, 5.74) is 5.97. The maximum absolute atomic E-state index is 14.9. The molecular formula is C51H61F4N7O7. The Bertz CT molecular complexity index is 2610. The van der Waals surface area contributed by atoms with Crippen LogP contribution < -0.4 is 10.7 Å². The Labute approximate surface area is 399 Å². The number of esters is 1. The number of pyridine rings is 1. The first-order valence-electron chi connectivity index (χ1n) is 23.3. The van der Waals surface area contributed by atoms with Gasteiger partial charge in [-0.25, -0.2) is 9.82 Å². The van der Waals surface area contributed by atoms with Gasteiger partial charge in [-0.2, -0.15) is 13.2 Å². The Kier molecular flexibility index (Phi) is 15.3. The number of nitrogens with zero attached hydrogens (tertiary/aromatic N) is 5. The minimum atomic E-state index is -4.63. The fourth-order valence-electron chi connectivity index (χ4n) is 10.00. The van der Waals surface area contributed by atoms with Gasteiger partial charge in [-0.05, 0) is 95.8 Å². The van der Waals surface area contributed by atoms with Crippen LogP contribution >= 0.6 is 0 Å². The van der Waals surface area contributed by atoms with E-state index in [9.17, 15) is 41.5 Å². The van der Waals surface area contributed by atoms with E-state index in [4.69, 9.17) is 9.47 Å². The van der Waals surface area contributed by atoms with Crippen LogP contribution in [0.15, 0.2) is 67.4 Å². The van der Waals surface area contributed by atoms with Crippen LogP contribution in [-0.2, 0) is 66.1 Å². The third kappa shape index (κ3) is 11.3. The molecule has 0 radical (unpaired) electrons. The number of carbonyl (C=O) groups is 5. The predicted molar refractivity (Wildman–Crippen MR) is 250 cm³/mol. The van der Waals surface area contributed by atoms with E-state index in [1.807, 2.05) is 13.8 Å². The van der Waals surface area contributed by atoms with E-state index < -0.39 is 72.6 Å². The number of ether oxygens (including phenoxy) is 2. The van der Waals surface area contributed by atoms with Crippen LogP contribution in [0.5, 0.6) is 0 Å². The highest BCUT2D eigenvalue weighted by atomic mass is 19.4. The van der Waals surface area contributed by atoms with Gasteiger partial charge in [-0.1, -0.05) is 52.5 Å². The molecule has 6 bridgehead atoms. The largest absolute Gasteiger partial charge is 0.464 e. The molecule has 5 heterocycles. The van der Waals surface area contributed by atoms with Gasteiger partial charge in [0.1, 0.15) is 31.3 Å². The summed E-state index contributed by atoms with van der Waals surface area (Å²) in [6, 6.07) is 10.1. The SMILES string of the molecule is C=CC(=O)N1CC[C@H](C(=O)N(C)C(C(=O)N[C@H]2Cc3cc(CF)cc(c3)-c3ccc4c(c3)c(c(-c3cccnc3COC)n4CC(F)(F)F)CC(C)(C)COC(=O)[C@@H]3CCCN(N3)C2=O)C(C)C)C1. The molecule has 3 aliphatic rings. The summed E-state index contributed by atoms with van der Waals surface area (Å²) < 4.78 is 71.5. The number of hydrogen-bond donors (Lipinski definition) is 2. The van der Waals surface area contributed by atoms with Crippen LogP contribution in [0.1, 0.15) is 69.3 Å². The number of aromatic nitrogens is 2. The van der Waals surface area contributed by atoms with Crippen LogP contribution in [0.4, 0.5) is 17.6 Å². The van der Waals surface area contributed by atoms with Gasteiger partial charge in [-0.3, -0.25) is 34.0 Å². The lowest BCUT2D eigenvalue weighted by molar-refractivity contribution is -0.155. The molecule has 2 aromatic carbocycles. The summed E-state index contributed by atoms with van der Waals surface area (Å²) in [6.07, 6.45) is -0.739. The Morgan fingerprint density at radius 2 is 1.86 bits per heavy atom. The van der Waals surface area contributed by atoms with Gasteiger partial charge >= 0.3 is 12.1 Å². The quantitative estimate of drug-likeness (QED) is 0.0948. The summed E-state index contributed by atoms with van der Waals surface area (Å²) in [7, 11) is 3.00. The van der Waals surface area contributed by atoms with Crippen molar-refractivity contribution in [3.63, 3.8) is 0 Å². The summed E-state index contributed by atoms with van der Waals surface area (Å²) in [5, 5.41) is 4.70. The lowest BCUT2D eigenvalue weighted by Gasteiger charge is -2.37. The van der Waals surface area contributed by atoms with Crippen LogP contribution in [0.25, 0.3) is 33.3 Å². The maximum atomic E-state index is 14.9. The molecule has 7 rings (SSSR count). The second kappa shape index (κ2) is 20.8. The molecule has 2 fully saturated rings. The molecule has 14 nitrogen and oxygen atoms in total. The molecule has 2 N–H and O–H groups in total. The molecule has 2 saturated heterocycles. The summed E-state index contributed by atoms with van der Waals surface area (Å²) in [4.78, 5) is 76.8. The average Bonchev–Trinajstić information content (AvgIpc) is 3.92. The lowest BCUT2D eigenvalue weighted by atomic mass is 9.84. The molecule has 370 valence electrons. The molecular weight excluding hydrogens is 899 g/mol. The third-order valence-corrected chi connectivity index (χ3v) is 13.2. The van der Waals surface area contributed by atoms with E-state index in [1.165, 1.54) is 39.6 Å². The van der Waals surface area contributed by atoms with Crippen molar-refractivity contribution in [1.82, 2.24) is 35.1 Å². The van der Waals surface area contributed by atoms with Crippen molar-refractivity contribution in [2.75, 3.05) is 40.4 Å². The highest BCUT2D eigenvalue weighted by molar-refractivity contribution is 5.96. The fraction of sp³-hybridized carbons (Fsp3) is 0.490. The number of fused-ring (bicyclic) bond motifs is 6. The van der Waals surface area contributed by atoms with Crippen LogP contribution in [-0.4, -0.2) is 119 Å². The molecule has 2 aromatic heterocycles. The number of hydrogen-bond acceptors (Lipinski definition) is 9. The first kappa shape index (κ1) is 50.7. The summed E-state index contributed by atoms with van der Waals surface area (Å²) >= 11 is 0. The van der Waals surface area contributed by atoms with Crippen LogP contribution in [0.2, 0.25) is 0 Å². The molecule has 69 heavy (non-hydrogen) atoms. The summed E-state index contributed by atoms with van der Waals surface area (Å²) in [5.74, 6) is -3.44. The van der Waals surface area contributed by atoms with E-state index in [2.05, 4.69) is 22.3 Å². The van der Waals surface area contributed by atoms with Gasteiger partial charge in [0.25, 0.3) is 5.91 Å². The number of cyclic esters (lactones) is 1. The Balaban J connectivity index is 1.35. The number of halogens is 4. The number of likely N-dealkylation sites (tertiary alicyclic amines) is 1. The minimum absolute atomic E-state index is 0.0233. The monoisotopic (exact) mass is 959 g/mol. The molecule has 1 unspecified atom stereocenters. The highest BCUT2D eigenvalue weighted by Gasteiger charge is 2.41. The first-order valence-corrected chi connectivity index (χ1v) is 23.3. The maximum Gasteiger partial charge on any atom is 0.406 e. The van der Waals surface area contributed by atoms with Crippen molar-refractivity contribution in [1.29, 1.82) is 0 Å². The minimum Gasteiger partial charge on any atom is -0.464 e. The standard InChI is InChI=1S/C51H61F4N7O7/c1-8-43(63)60-18-15-34(26-60)47(65)59(6)44(30(2)3)46(64)57-40-22-31-19-32(25-52)21-35(20-31)33-13-14-42-37(23-33)38(24-50(4,5)29-69-49(67)39-12-10-17-62(58-39)48(40)66)45(61(42)28-51(53,54)55)36-11-9-16-56-41(36)27-68-7/h8-9,11,13-14,16,19-21,23,30,34,39-40,44,58H,1,10,12,15,17-18,22,24-29H2,2-7H3,(H,57,64)/t34-,39-,40-,44?/m0/s1. The number of carbonyl (C=O) groups excluding carboxylic acids is 5. The fourth-order valence-corrected chi connectivity index (χ4v) is 10.00. The van der Waals surface area contributed by atoms with Crippen LogP contribution in [0, 0.1) is 17.3 Å². The van der Waals surface area contributed by atoms with Crippen molar-refractivity contribution in [2.24, 2.45) is 17.3 Å². The molecule has 18 heteroatoms. The van der Waals surface area contributed by atoms with Crippen molar-refractivity contribution < 1.29 is 51.0 Å². The third-order valence-electron chi connectivity index (χ3n) is 13.2. The topological polar surface area (TPSA) is 155 Å². The Morgan fingerprint density at radius 1 is 1.09 bits per heavy atom. The smallest absolute Gasteiger partial charge is 0.406 e. The number of rotatable bonds is 11. The second-order valence-electron chi connectivity index (χ2n) is 19.5. The lowest BCUT2D eigenvalue weighted by Crippen LogP contribution is -2.62. The predicted octanol–water partition coefficient (Wildman–Crippen LogP) is 6.71. The van der Waals surface area contributed by atoms with E-state index in [1.54, 1.807) is 68.6 Å². The molecule has 4 aromatic rings. The normalized spacial score (nSPS) is 20.4. The van der Waals surface area contributed by atoms with Crippen molar-refractivity contribution in [2.45, 2.75) is 104 Å². The van der Waals surface area contributed by atoms with E-state index in [0.717, 1.165) is 0 Å². The van der Waals surface area contributed by atoms with Crippen LogP contribution in [0.3, 0.4) is 0 Å². The summed E-state index contributed by atoms with van der Waals surface area (Å²) in [6.45, 7) is 9.21. The number of hydrazine groups is 1. The molecule has 0 spiro atoms.